The summed E-state index contributed by atoms with van der Waals surface area (Å²) < 4.78 is 10.3. The second-order valence-corrected chi connectivity index (χ2v) is 6.87. The summed E-state index contributed by atoms with van der Waals surface area (Å²) in [7, 11) is 0. The van der Waals surface area contributed by atoms with Crippen LogP contribution in [0.15, 0.2) is 0 Å². The largest absolute Gasteiger partial charge is 0.444 e. The van der Waals surface area contributed by atoms with Crippen LogP contribution in [-0.4, -0.2) is 35.5 Å². The average Bonchev–Trinajstić information content (AvgIpc) is 2.10. The lowest BCUT2D eigenvalue weighted by molar-refractivity contribution is 0.0441. The highest BCUT2D eigenvalue weighted by Crippen LogP contribution is 2.08. The Morgan fingerprint density at radius 2 is 1.00 bits per heavy atom. The van der Waals surface area contributed by atoms with Gasteiger partial charge in [0, 0.05) is 12.1 Å². The van der Waals surface area contributed by atoms with Crippen LogP contribution < -0.4 is 10.6 Å². The first-order valence-corrected chi connectivity index (χ1v) is 6.79. The second kappa shape index (κ2) is 6.81. The third-order valence-corrected chi connectivity index (χ3v) is 2.24. The molecule has 20 heavy (non-hydrogen) atoms. The molecule has 0 saturated carbocycles. The van der Waals surface area contributed by atoms with E-state index in [1.54, 1.807) is 55.4 Å². The number of alkyl carbamates (subject to hydrolysis) is 2. The van der Waals surface area contributed by atoms with Crippen molar-refractivity contribution in [1.82, 2.24) is 10.6 Å². The predicted octanol–water partition coefficient (Wildman–Crippen LogP) is 2.81. The number of rotatable bonds is 3. The highest BCUT2D eigenvalue weighted by atomic mass is 16.6. The number of amides is 2. The van der Waals surface area contributed by atoms with Gasteiger partial charge in [-0.25, -0.2) is 9.59 Å². The highest BCUT2D eigenvalue weighted by Gasteiger charge is 2.23. The normalized spacial score (nSPS) is 15.0. The number of nitrogens with one attached hydrogen (secondary N) is 2. The first-order chi connectivity index (χ1) is 8.80. The minimum Gasteiger partial charge on any atom is -0.444 e. The molecule has 0 radical (unpaired) electrons. The van der Waals surface area contributed by atoms with Crippen molar-refractivity contribution in [2.75, 3.05) is 0 Å². The summed E-state index contributed by atoms with van der Waals surface area (Å²) in [4.78, 5) is 23.2. The SMILES string of the molecule is C[C@H](NC(=O)OC(C)(C)C)[C@H](C)NC(=O)OC(C)(C)C. The van der Waals surface area contributed by atoms with Crippen molar-refractivity contribution in [3.63, 3.8) is 0 Å². The van der Waals surface area contributed by atoms with Gasteiger partial charge in [0.2, 0.25) is 0 Å². The first-order valence-electron chi connectivity index (χ1n) is 6.79. The number of carbonyl (C=O) groups is 2. The molecule has 0 fully saturated rings. The molecule has 6 heteroatoms. The molecule has 0 aliphatic carbocycles. The average molecular weight is 288 g/mol. The number of hydrogen-bond acceptors (Lipinski definition) is 4. The van der Waals surface area contributed by atoms with E-state index in [-0.39, 0.29) is 12.1 Å². The van der Waals surface area contributed by atoms with E-state index in [4.69, 9.17) is 9.47 Å². The standard InChI is InChI=1S/C14H28N2O4/c1-9(15-11(17)19-13(3,4)5)10(2)16-12(18)20-14(6,7)8/h9-10H,1-8H3,(H,15,17)(H,16,18)/t9-,10-/m0/s1. The summed E-state index contributed by atoms with van der Waals surface area (Å²) in [6.45, 7) is 14.3. The van der Waals surface area contributed by atoms with Crippen LogP contribution in [0.3, 0.4) is 0 Å². The zero-order valence-electron chi connectivity index (χ0n) is 13.8. The quantitative estimate of drug-likeness (QED) is 0.837. The van der Waals surface area contributed by atoms with Crippen molar-refractivity contribution in [3.8, 4) is 0 Å². The molecule has 0 spiro atoms. The van der Waals surface area contributed by atoms with Gasteiger partial charge >= 0.3 is 12.2 Å². The Morgan fingerprint density at radius 1 is 0.750 bits per heavy atom. The first kappa shape index (κ1) is 18.5. The second-order valence-electron chi connectivity index (χ2n) is 6.87. The van der Waals surface area contributed by atoms with Gasteiger partial charge < -0.3 is 20.1 Å². The Labute approximate surface area is 121 Å². The molecule has 0 aromatic carbocycles. The fraction of sp³-hybridized carbons (Fsp3) is 0.857. The zero-order valence-corrected chi connectivity index (χ0v) is 13.8. The number of carbonyl (C=O) groups excluding carboxylic acids is 2. The topological polar surface area (TPSA) is 76.7 Å². The van der Waals surface area contributed by atoms with Gasteiger partial charge in [-0.2, -0.15) is 0 Å². The van der Waals surface area contributed by atoms with Crippen LogP contribution in [0, 0.1) is 0 Å². The van der Waals surface area contributed by atoms with E-state index in [9.17, 15) is 9.59 Å². The van der Waals surface area contributed by atoms with Gasteiger partial charge in [0.05, 0.1) is 0 Å². The van der Waals surface area contributed by atoms with Crippen LogP contribution in [0.5, 0.6) is 0 Å². The summed E-state index contributed by atoms with van der Waals surface area (Å²) >= 11 is 0. The maximum atomic E-state index is 11.6. The molecule has 0 unspecified atom stereocenters. The Hall–Kier alpha value is -1.46. The maximum absolute atomic E-state index is 11.6. The van der Waals surface area contributed by atoms with E-state index >= 15 is 0 Å². The lowest BCUT2D eigenvalue weighted by Crippen LogP contribution is -2.50. The van der Waals surface area contributed by atoms with Crippen LogP contribution in [0.4, 0.5) is 9.59 Å². The van der Waals surface area contributed by atoms with Gasteiger partial charge in [0.15, 0.2) is 0 Å². The summed E-state index contributed by atoms with van der Waals surface area (Å²) in [5, 5.41) is 5.35. The molecule has 118 valence electrons. The van der Waals surface area contributed by atoms with Crippen molar-refractivity contribution in [1.29, 1.82) is 0 Å². The van der Waals surface area contributed by atoms with E-state index in [1.807, 2.05) is 0 Å². The molecule has 2 N–H and O–H groups in total. The maximum Gasteiger partial charge on any atom is 0.407 e. The van der Waals surface area contributed by atoms with Crippen LogP contribution in [0.2, 0.25) is 0 Å². The van der Waals surface area contributed by atoms with Crippen molar-refractivity contribution in [2.24, 2.45) is 0 Å². The third-order valence-electron chi connectivity index (χ3n) is 2.24. The van der Waals surface area contributed by atoms with Crippen molar-refractivity contribution in [3.05, 3.63) is 0 Å². The molecule has 0 aromatic rings. The van der Waals surface area contributed by atoms with Gasteiger partial charge in [0.25, 0.3) is 0 Å². The number of hydrogen-bond donors (Lipinski definition) is 2. The van der Waals surface area contributed by atoms with E-state index in [2.05, 4.69) is 10.6 Å². The van der Waals surface area contributed by atoms with Gasteiger partial charge in [0.1, 0.15) is 11.2 Å². The monoisotopic (exact) mass is 288 g/mol. The lowest BCUT2D eigenvalue weighted by atomic mass is 10.1. The minimum atomic E-state index is -0.550. The molecule has 0 rings (SSSR count). The van der Waals surface area contributed by atoms with Gasteiger partial charge in [-0.3, -0.25) is 0 Å². The summed E-state index contributed by atoms with van der Waals surface area (Å²) in [6, 6.07) is -0.560. The molecule has 0 bridgehead atoms. The fourth-order valence-corrected chi connectivity index (χ4v) is 1.24. The smallest absolute Gasteiger partial charge is 0.407 e. The van der Waals surface area contributed by atoms with E-state index < -0.39 is 23.4 Å². The van der Waals surface area contributed by atoms with Gasteiger partial charge in [-0.05, 0) is 55.4 Å². The molecule has 2 amide bonds. The van der Waals surface area contributed by atoms with Gasteiger partial charge in [-0.15, -0.1) is 0 Å². The van der Waals surface area contributed by atoms with Gasteiger partial charge in [-0.1, -0.05) is 0 Å². The van der Waals surface area contributed by atoms with Crippen LogP contribution >= 0.6 is 0 Å². The van der Waals surface area contributed by atoms with Crippen molar-refractivity contribution < 1.29 is 19.1 Å². The molecule has 0 aliphatic heterocycles. The summed E-state index contributed by atoms with van der Waals surface area (Å²) in [5.41, 5.74) is -1.10. The van der Waals surface area contributed by atoms with E-state index in [1.165, 1.54) is 0 Å². The molecule has 0 aromatic heterocycles. The fourth-order valence-electron chi connectivity index (χ4n) is 1.24. The predicted molar refractivity (Wildman–Crippen MR) is 77.7 cm³/mol. The van der Waals surface area contributed by atoms with Crippen LogP contribution in [0.1, 0.15) is 55.4 Å². The molecular weight excluding hydrogens is 260 g/mol. The molecule has 0 heterocycles. The molecular formula is C14H28N2O4. The third kappa shape index (κ3) is 9.47. The van der Waals surface area contributed by atoms with Crippen LogP contribution in [-0.2, 0) is 9.47 Å². The van der Waals surface area contributed by atoms with Crippen molar-refractivity contribution in [2.45, 2.75) is 78.7 Å². The van der Waals surface area contributed by atoms with Crippen LogP contribution in [0.25, 0.3) is 0 Å². The molecule has 0 saturated heterocycles. The van der Waals surface area contributed by atoms with E-state index in [0.717, 1.165) is 0 Å². The molecule has 6 nitrogen and oxygen atoms in total. The Morgan fingerprint density at radius 3 is 1.20 bits per heavy atom. The summed E-state index contributed by atoms with van der Waals surface area (Å²) in [6.07, 6.45) is -1.02. The minimum absolute atomic E-state index is 0.280. The highest BCUT2D eigenvalue weighted by molar-refractivity contribution is 5.69. The Bertz CT molecular complexity index is 308. The Balaban J connectivity index is 4.25. The Kier molecular flexibility index (Phi) is 6.32. The number of ether oxygens (including phenoxy) is 2. The summed E-state index contributed by atoms with van der Waals surface area (Å²) in [5.74, 6) is 0. The zero-order chi connectivity index (χ0) is 16.1. The van der Waals surface area contributed by atoms with E-state index in [0.29, 0.717) is 0 Å². The molecule has 2 atom stereocenters. The molecule has 0 aliphatic rings. The van der Waals surface area contributed by atoms with Crippen molar-refractivity contribution >= 4 is 12.2 Å². The lowest BCUT2D eigenvalue weighted by Gasteiger charge is -2.27.